The molecule has 1 aliphatic heterocycles. The summed E-state index contributed by atoms with van der Waals surface area (Å²) in [6.45, 7) is 5.75. The maximum absolute atomic E-state index is 12.9. The van der Waals surface area contributed by atoms with Gasteiger partial charge in [0.15, 0.2) is 0 Å². The largest absolute Gasteiger partial charge is 0.368 e. The Bertz CT molecular complexity index is 968. The summed E-state index contributed by atoms with van der Waals surface area (Å²) in [7, 11) is 0. The van der Waals surface area contributed by atoms with Gasteiger partial charge in [-0.2, -0.15) is 0 Å². The molecule has 1 saturated heterocycles. The number of hydrogen-bond donors (Lipinski definition) is 1. The van der Waals surface area contributed by atoms with Crippen molar-refractivity contribution in [1.29, 1.82) is 0 Å². The highest BCUT2D eigenvalue weighted by Crippen LogP contribution is 2.17. The van der Waals surface area contributed by atoms with E-state index in [0.29, 0.717) is 31.1 Å². The van der Waals surface area contributed by atoms with Crippen LogP contribution < -0.4 is 10.2 Å². The Hall–Kier alpha value is -3.41. The first-order valence-corrected chi connectivity index (χ1v) is 9.90. The third-order valence-corrected chi connectivity index (χ3v) is 5.30. The van der Waals surface area contributed by atoms with Crippen LogP contribution in [0.15, 0.2) is 67.0 Å². The van der Waals surface area contributed by atoms with E-state index in [1.54, 1.807) is 6.07 Å². The number of rotatable bonds is 5. The van der Waals surface area contributed by atoms with Crippen molar-refractivity contribution in [3.05, 3.63) is 83.8 Å². The van der Waals surface area contributed by atoms with Crippen molar-refractivity contribution in [2.24, 2.45) is 0 Å². The summed E-state index contributed by atoms with van der Waals surface area (Å²) < 4.78 is 0. The number of carbonyl (C=O) groups excluding carboxylic acids is 1. The van der Waals surface area contributed by atoms with Crippen LogP contribution in [0.25, 0.3) is 0 Å². The number of carbonyl (C=O) groups is 1. The summed E-state index contributed by atoms with van der Waals surface area (Å²) in [6.07, 6.45) is 1.45. The van der Waals surface area contributed by atoms with E-state index in [2.05, 4.69) is 51.4 Å². The molecule has 3 aromatic rings. The van der Waals surface area contributed by atoms with Gasteiger partial charge in [0.05, 0.1) is 0 Å². The number of aryl methyl sites for hydroxylation is 1. The van der Waals surface area contributed by atoms with Crippen LogP contribution in [0.3, 0.4) is 0 Å². The number of piperazine rings is 1. The fourth-order valence-electron chi connectivity index (χ4n) is 3.53. The Kier molecular flexibility index (Phi) is 5.70. The number of para-hydroxylation sites is 1. The Morgan fingerprint density at radius 3 is 2.45 bits per heavy atom. The molecule has 148 valence electrons. The van der Waals surface area contributed by atoms with E-state index in [1.807, 2.05) is 35.2 Å². The van der Waals surface area contributed by atoms with Gasteiger partial charge in [-0.15, -0.1) is 0 Å². The summed E-state index contributed by atoms with van der Waals surface area (Å²) in [4.78, 5) is 25.6. The summed E-state index contributed by atoms with van der Waals surface area (Å²) in [5.74, 6) is 0.619. The van der Waals surface area contributed by atoms with Gasteiger partial charge < -0.3 is 15.1 Å². The zero-order valence-corrected chi connectivity index (χ0v) is 16.6. The predicted molar refractivity (Wildman–Crippen MR) is 115 cm³/mol. The minimum atomic E-state index is -0.0425. The fraction of sp³-hybridized carbons (Fsp3) is 0.261. The van der Waals surface area contributed by atoms with Crippen LogP contribution in [0.5, 0.6) is 0 Å². The molecule has 0 aliphatic carbocycles. The number of hydrogen-bond acceptors (Lipinski definition) is 5. The number of amides is 1. The molecule has 1 amide bonds. The van der Waals surface area contributed by atoms with Crippen LogP contribution in [-0.2, 0) is 6.54 Å². The van der Waals surface area contributed by atoms with E-state index in [0.717, 1.165) is 13.1 Å². The van der Waals surface area contributed by atoms with Gasteiger partial charge in [0, 0.05) is 44.5 Å². The molecule has 6 nitrogen and oxygen atoms in total. The van der Waals surface area contributed by atoms with Crippen molar-refractivity contribution in [2.45, 2.75) is 13.5 Å². The van der Waals surface area contributed by atoms with Crippen molar-refractivity contribution in [2.75, 3.05) is 36.4 Å². The van der Waals surface area contributed by atoms with E-state index in [-0.39, 0.29) is 5.91 Å². The molecular formula is C23H25N5O. The molecule has 1 aromatic heterocycles. The van der Waals surface area contributed by atoms with Crippen LogP contribution in [0.1, 0.15) is 21.6 Å². The average molecular weight is 387 g/mol. The lowest BCUT2D eigenvalue weighted by Gasteiger charge is -2.36. The van der Waals surface area contributed by atoms with E-state index < -0.39 is 0 Å². The summed E-state index contributed by atoms with van der Waals surface area (Å²) in [5, 5.41) is 3.30. The van der Waals surface area contributed by atoms with Gasteiger partial charge in [-0.25, -0.2) is 9.97 Å². The monoisotopic (exact) mass is 387 g/mol. The normalized spacial score (nSPS) is 14.0. The lowest BCUT2D eigenvalue weighted by molar-refractivity contribution is 0.0740. The molecule has 0 saturated carbocycles. The molecule has 0 unspecified atom stereocenters. The molecule has 0 spiro atoms. The first-order valence-electron chi connectivity index (χ1n) is 9.90. The van der Waals surface area contributed by atoms with Crippen molar-refractivity contribution in [3.8, 4) is 0 Å². The highest BCUT2D eigenvalue weighted by Gasteiger charge is 2.23. The van der Waals surface area contributed by atoms with Crippen LogP contribution in [0.2, 0.25) is 0 Å². The smallest absolute Gasteiger partial charge is 0.272 e. The second-order valence-corrected chi connectivity index (χ2v) is 7.18. The molecule has 0 atom stereocenters. The number of nitrogens with one attached hydrogen (secondary N) is 1. The first kappa shape index (κ1) is 18.9. The molecule has 1 fully saturated rings. The van der Waals surface area contributed by atoms with Gasteiger partial charge in [-0.3, -0.25) is 4.79 Å². The zero-order valence-electron chi connectivity index (χ0n) is 16.6. The minimum Gasteiger partial charge on any atom is -0.368 e. The zero-order chi connectivity index (χ0) is 20.1. The van der Waals surface area contributed by atoms with Crippen LogP contribution in [0.4, 0.5) is 11.5 Å². The van der Waals surface area contributed by atoms with Gasteiger partial charge in [0.25, 0.3) is 5.91 Å². The van der Waals surface area contributed by atoms with Crippen molar-refractivity contribution >= 4 is 17.4 Å². The molecule has 1 N–H and O–H groups in total. The van der Waals surface area contributed by atoms with E-state index in [1.165, 1.54) is 23.1 Å². The maximum atomic E-state index is 12.9. The molecule has 2 aromatic carbocycles. The highest BCUT2D eigenvalue weighted by molar-refractivity contribution is 5.93. The third-order valence-electron chi connectivity index (χ3n) is 5.30. The van der Waals surface area contributed by atoms with Gasteiger partial charge in [0.2, 0.25) is 0 Å². The standard InChI is InChI=1S/C23H25N5O/c1-18-7-5-6-8-19(18)16-24-22-15-21(25-17-26-22)23(29)28-13-11-27(12-14-28)20-9-3-2-4-10-20/h2-10,15,17H,11-14,16H2,1H3,(H,24,25,26). The Morgan fingerprint density at radius 2 is 1.69 bits per heavy atom. The van der Waals surface area contributed by atoms with Crippen LogP contribution >= 0.6 is 0 Å². The number of anilines is 2. The topological polar surface area (TPSA) is 61.4 Å². The van der Waals surface area contributed by atoms with Crippen molar-refractivity contribution in [1.82, 2.24) is 14.9 Å². The molecule has 0 bridgehead atoms. The number of aromatic nitrogens is 2. The quantitative estimate of drug-likeness (QED) is 0.727. The minimum absolute atomic E-state index is 0.0425. The molecule has 1 aliphatic rings. The van der Waals surface area contributed by atoms with Gasteiger partial charge >= 0.3 is 0 Å². The third kappa shape index (κ3) is 4.54. The SMILES string of the molecule is Cc1ccccc1CNc1cc(C(=O)N2CCN(c3ccccc3)CC2)ncn1. The number of nitrogens with zero attached hydrogens (tertiary/aromatic N) is 4. The molecule has 4 rings (SSSR count). The molecule has 0 radical (unpaired) electrons. The second kappa shape index (κ2) is 8.73. The lowest BCUT2D eigenvalue weighted by atomic mass is 10.1. The number of benzene rings is 2. The first-order chi connectivity index (χ1) is 14.2. The van der Waals surface area contributed by atoms with Gasteiger partial charge in [0.1, 0.15) is 17.8 Å². The van der Waals surface area contributed by atoms with Gasteiger partial charge in [-0.1, -0.05) is 42.5 Å². The maximum Gasteiger partial charge on any atom is 0.272 e. The van der Waals surface area contributed by atoms with Gasteiger partial charge in [-0.05, 0) is 30.2 Å². The predicted octanol–water partition coefficient (Wildman–Crippen LogP) is 3.36. The van der Waals surface area contributed by atoms with Crippen molar-refractivity contribution < 1.29 is 4.79 Å². The highest BCUT2D eigenvalue weighted by atomic mass is 16.2. The van der Waals surface area contributed by atoms with E-state index >= 15 is 0 Å². The second-order valence-electron chi connectivity index (χ2n) is 7.18. The summed E-state index contributed by atoms with van der Waals surface area (Å²) in [5.41, 5.74) is 4.06. The van der Waals surface area contributed by atoms with Crippen molar-refractivity contribution in [3.63, 3.8) is 0 Å². The summed E-state index contributed by atoms with van der Waals surface area (Å²) in [6, 6.07) is 20.3. The average Bonchev–Trinajstić information content (AvgIpc) is 2.79. The molecule has 2 heterocycles. The fourth-order valence-corrected chi connectivity index (χ4v) is 3.53. The van der Waals surface area contributed by atoms with E-state index in [4.69, 9.17) is 0 Å². The van der Waals surface area contributed by atoms with Crippen LogP contribution in [0, 0.1) is 6.92 Å². The van der Waals surface area contributed by atoms with Crippen LogP contribution in [-0.4, -0.2) is 47.0 Å². The lowest BCUT2D eigenvalue weighted by Crippen LogP contribution is -2.49. The molecule has 29 heavy (non-hydrogen) atoms. The molecular weight excluding hydrogens is 362 g/mol. The summed E-state index contributed by atoms with van der Waals surface area (Å²) >= 11 is 0. The Balaban J connectivity index is 1.37. The Morgan fingerprint density at radius 1 is 0.966 bits per heavy atom. The van der Waals surface area contributed by atoms with E-state index in [9.17, 15) is 4.79 Å². The molecule has 6 heteroatoms. The Labute approximate surface area is 171 Å².